The van der Waals surface area contributed by atoms with Crippen molar-refractivity contribution in [2.75, 3.05) is 0 Å². The van der Waals surface area contributed by atoms with Crippen molar-refractivity contribution >= 4 is 80.2 Å². The van der Waals surface area contributed by atoms with Gasteiger partial charge in [0.2, 0.25) is 5.39 Å². The van der Waals surface area contributed by atoms with Gasteiger partial charge >= 0.3 is 56.2 Å². The van der Waals surface area contributed by atoms with Crippen LogP contribution in [0.1, 0.15) is 94.7 Å². The minimum Gasteiger partial charge on any atom is -1.00 e. The van der Waals surface area contributed by atoms with Crippen LogP contribution < -0.4 is 25.7 Å². The quantitative estimate of drug-likeness (QED) is 0.132. The Kier molecular flexibility index (Phi) is 39.9. The minimum absolute atomic E-state index is 0. The number of diazo groups is 1. The summed E-state index contributed by atoms with van der Waals surface area (Å²) < 4.78 is 0. The molecule has 0 fully saturated rings. The van der Waals surface area contributed by atoms with Crippen molar-refractivity contribution in [3.63, 3.8) is 0 Å². The molecule has 35 heavy (non-hydrogen) atoms. The van der Waals surface area contributed by atoms with Crippen LogP contribution in [0, 0.1) is 12.3 Å². The third-order valence-electron chi connectivity index (χ3n) is 5.31. The van der Waals surface area contributed by atoms with Crippen molar-refractivity contribution in [1.82, 2.24) is 0 Å². The molecule has 0 saturated carbocycles. The molecule has 0 spiro atoms. The van der Waals surface area contributed by atoms with Crippen LogP contribution >= 0.6 is 74.5 Å². The number of unbranched alkanes of at least 4 members (excludes halogenated alkanes) is 8. The van der Waals surface area contributed by atoms with E-state index < -0.39 is 0 Å². The number of halogens is 6. The second-order valence-electron chi connectivity index (χ2n) is 8.13. The van der Waals surface area contributed by atoms with Crippen molar-refractivity contribution in [2.24, 2.45) is 0 Å². The molecule has 202 valence electrons. The summed E-state index contributed by atoms with van der Waals surface area (Å²) in [5.41, 5.74) is 4.82. The monoisotopic (exact) mass is 1060 g/mol. The summed E-state index contributed by atoms with van der Waals surface area (Å²) in [4.78, 5) is 3.13. The van der Waals surface area contributed by atoms with Crippen molar-refractivity contribution < 1.29 is 25.7 Å². The maximum absolute atomic E-state index is 8.53. The molecule has 2 nitrogen and oxygen atoms in total. The van der Waals surface area contributed by atoms with Crippen LogP contribution in [0.3, 0.4) is 0 Å². The molecule has 0 saturated heterocycles. The number of benzene rings is 2. The van der Waals surface area contributed by atoms with Gasteiger partial charge in [-0.05, 0) is 43.7 Å². The molecule has 0 N–H and O–H groups in total. The summed E-state index contributed by atoms with van der Waals surface area (Å²) >= 11 is 9.54. The molecule has 0 atom stereocenters. The molecule has 0 aliphatic rings. The van der Waals surface area contributed by atoms with Gasteiger partial charge in [0.15, 0.2) is 4.98 Å². The molecule has 0 aliphatic heterocycles. The Bertz CT molecular complexity index is 707. The Hall–Kier alpha value is 1.80. The van der Waals surface area contributed by atoms with Gasteiger partial charge in [-0.25, -0.2) is 0 Å². The number of aryl methyl sites for hydroxylation is 3. The molecule has 0 unspecified atom stereocenters. The third kappa shape index (κ3) is 28.6. The molecular formula is C27H41ClI5N2-. The van der Waals surface area contributed by atoms with E-state index >= 15 is 0 Å². The standard InChI is InChI=1S/C14H22.C13H19N2.ClH.I3.I2/c1-3-4-5-6-7-8-14-11-9-13(2)10-12-14;1-2-3-4-5-6-7-12-8-10-13(15-14)11-9-12;;1-3-2;1-2/h9-12H,3-8H2,1-2H3;8-11H,2-7H2,1H3;1H;;/q;+1;;-1;/p-1. The van der Waals surface area contributed by atoms with Gasteiger partial charge in [-0.15, -0.1) is 0 Å². The Morgan fingerprint density at radius 2 is 1.00 bits per heavy atom. The summed E-state index contributed by atoms with van der Waals surface area (Å²) in [5, 5.41) is 8.53. The van der Waals surface area contributed by atoms with Crippen molar-refractivity contribution in [3.05, 3.63) is 70.2 Å². The van der Waals surface area contributed by atoms with E-state index in [1.165, 1.54) is 87.3 Å². The van der Waals surface area contributed by atoms with E-state index in [2.05, 4.69) is 124 Å². The molecule has 2 aromatic carbocycles. The fourth-order valence-corrected chi connectivity index (χ4v) is 3.35. The van der Waals surface area contributed by atoms with E-state index in [9.17, 15) is 0 Å². The van der Waals surface area contributed by atoms with Gasteiger partial charge in [0.05, 0.1) is 0 Å². The molecule has 0 amide bonds. The predicted octanol–water partition coefficient (Wildman–Crippen LogP) is 6.74. The molecular weight excluding hydrogens is 1020 g/mol. The van der Waals surface area contributed by atoms with E-state index in [1.54, 1.807) is 0 Å². The number of hydrogen-bond acceptors (Lipinski definition) is 1. The van der Waals surface area contributed by atoms with Crippen molar-refractivity contribution in [2.45, 2.75) is 97.8 Å². The fourth-order valence-electron chi connectivity index (χ4n) is 3.35. The van der Waals surface area contributed by atoms with E-state index in [4.69, 9.17) is 5.39 Å². The van der Waals surface area contributed by atoms with Crippen LogP contribution in [0.15, 0.2) is 48.5 Å². The average Bonchev–Trinajstić information content (AvgIpc) is 2.87. The zero-order valence-electron chi connectivity index (χ0n) is 21.3. The molecule has 2 rings (SSSR count). The second-order valence-corrected chi connectivity index (χ2v) is 24.4. The molecule has 0 radical (unpaired) electrons. The Balaban J connectivity index is -0.000000483. The van der Waals surface area contributed by atoms with E-state index in [1.807, 2.05) is 24.3 Å². The Labute approximate surface area is 275 Å². The smallest absolute Gasteiger partial charge is 1.00 e. The first-order valence-corrected chi connectivity index (χ1v) is 31.0. The van der Waals surface area contributed by atoms with Crippen LogP contribution in [0.25, 0.3) is 4.98 Å². The van der Waals surface area contributed by atoms with Crippen LogP contribution in [0.4, 0.5) is 5.69 Å². The normalized spacial score (nSPS) is 9.20. The summed E-state index contributed by atoms with van der Waals surface area (Å²) in [7, 11) is 0. The summed E-state index contributed by atoms with van der Waals surface area (Å²) in [6, 6.07) is 16.7. The fraction of sp³-hybridized carbons (Fsp3) is 0.556. The van der Waals surface area contributed by atoms with Gasteiger partial charge in [0.1, 0.15) is 0 Å². The molecule has 8 heteroatoms. The first-order valence-electron chi connectivity index (χ1n) is 12.1. The van der Waals surface area contributed by atoms with Crippen LogP contribution in [-0.2, 0) is 12.8 Å². The maximum Gasteiger partial charge on any atom is -1.00 e. The van der Waals surface area contributed by atoms with Gasteiger partial charge in [-0.1, -0.05) is 107 Å². The molecule has 0 aromatic heterocycles. The molecule has 0 bridgehead atoms. The zero-order chi connectivity index (χ0) is 25.9. The largest absolute Gasteiger partial charge is 1.00 e. The second kappa shape index (κ2) is 33.8. The van der Waals surface area contributed by atoms with Gasteiger partial charge in [-0.2, -0.15) is 0 Å². The van der Waals surface area contributed by atoms with Gasteiger partial charge in [0.25, 0.3) is 0 Å². The molecule has 0 heterocycles. The van der Waals surface area contributed by atoms with Crippen molar-refractivity contribution in [1.29, 1.82) is 5.39 Å². The van der Waals surface area contributed by atoms with E-state index in [-0.39, 0.29) is 12.4 Å². The van der Waals surface area contributed by atoms with E-state index in [0.29, 0.717) is 18.9 Å². The number of hydrogen-bond donors (Lipinski definition) is 0. The van der Waals surface area contributed by atoms with Crippen LogP contribution in [0.5, 0.6) is 0 Å². The third-order valence-corrected chi connectivity index (χ3v) is 5.31. The zero-order valence-corrected chi connectivity index (χ0v) is 32.8. The van der Waals surface area contributed by atoms with Gasteiger partial charge in [0, 0.05) is 49.4 Å². The van der Waals surface area contributed by atoms with Crippen molar-refractivity contribution in [3.8, 4) is 0 Å². The summed E-state index contributed by atoms with van der Waals surface area (Å²) in [6.45, 7) is 6.64. The maximum atomic E-state index is 8.53. The van der Waals surface area contributed by atoms with Crippen LogP contribution in [-0.4, -0.2) is 0 Å². The van der Waals surface area contributed by atoms with Gasteiger partial charge in [-0.3, -0.25) is 0 Å². The number of rotatable bonds is 12. The first-order chi connectivity index (χ1) is 16.6. The first kappa shape index (κ1) is 41.3. The summed E-state index contributed by atoms with van der Waals surface area (Å²) in [5.74, 6) is 0. The predicted molar refractivity (Wildman–Crippen MR) is 183 cm³/mol. The van der Waals surface area contributed by atoms with Crippen LogP contribution in [0.2, 0.25) is 0 Å². The molecule has 2 aromatic rings. The van der Waals surface area contributed by atoms with Gasteiger partial charge < -0.3 is 12.4 Å². The Morgan fingerprint density at radius 1 is 0.657 bits per heavy atom. The molecule has 0 aliphatic carbocycles. The average molecular weight is 1060 g/mol. The summed E-state index contributed by atoms with van der Waals surface area (Å²) in [6.07, 6.45) is 15.8. The van der Waals surface area contributed by atoms with E-state index in [0.717, 1.165) is 6.42 Å². The topological polar surface area (TPSA) is 28.1 Å². The number of nitrogens with zero attached hydrogens (tertiary/aromatic N) is 2. The SMILES string of the molecule is CCCCCCCc1ccc(C)cc1.CCCCCCCc1ccc([N+]#N)cc1.II.I[I-]I.[Cl-]. The minimum atomic E-state index is 0. The Morgan fingerprint density at radius 3 is 1.34 bits per heavy atom.